The molecule has 1 aliphatic heterocycles. The number of carbonyl (C=O) groups is 5. The van der Waals surface area contributed by atoms with Gasteiger partial charge in [-0.1, -0.05) is 128 Å². The van der Waals surface area contributed by atoms with Gasteiger partial charge in [-0.15, -0.1) is 0 Å². The van der Waals surface area contributed by atoms with Crippen LogP contribution in [0.25, 0.3) is 6.08 Å². The fraction of sp³-hybridized carbons (Fsp3) is 0.604. The zero-order chi connectivity index (χ0) is 48.3. The number of nitrogens with one attached hydrogen (secondary N) is 3. The highest BCUT2D eigenvalue weighted by Gasteiger charge is 2.43. The van der Waals surface area contributed by atoms with E-state index in [2.05, 4.69) is 41.9 Å². The van der Waals surface area contributed by atoms with E-state index in [4.69, 9.17) is 19.4 Å². The lowest BCUT2D eigenvalue weighted by Crippen LogP contribution is -2.59. The second-order valence-corrected chi connectivity index (χ2v) is 17.2. The fourth-order valence-electron chi connectivity index (χ4n) is 8.19. The van der Waals surface area contributed by atoms with Gasteiger partial charge in [0.2, 0.25) is 23.6 Å². The molecule has 4 N–H and O–H groups in total. The smallest absolute Gasteiger partial charge is 0.475 e. The van der Waals surface area contributed by atoms with E-state index in [1.165, 1.54) is 0 Å². The molecule has 0 radical (unpaired) electrons. The van der Waals surface area contributed by atoms with E-state index >= 15 is 0 Å². The number of carboxylic acids is 1. The summed E-state index contributed by atoms with van der Waals surface area (Å²) in [5.74, 6) is -4.15. The average molecular weight is 904 g/mol. The summed E-state index contributed by atoms with van der Waals surface area (Å²) in [6.45, 7) is 14.3. The molecule has 0 aliphatic carbocycles. The predicted octanol–water partition coefficient (Wildman–Crippen LogP) is 6.37. The van der Waals surface area contributed by atoms with Crippen molar-refractivity contribution in [3.8, 4) is 0 Å². The van der Waals surface area contributed by atoms with Crippen molar-refractivity contribution in [3.05, 3.63) is 77.9 Å². The molecule has 1 fully saturated rings. The molecule has 16 heteroatoms. The van der Waals surface area contributed by atoms with Crippen molar-refractivity contribution in [1.29, 1.82) is 0 Å². The molecule has 2 aromatic carbocycles. The van der Waals surface area contributed by atoms with Crippen LogP contribution in [0.1, 0.15) is 85.3 Å². The maximum atomic E-state index is 14.3. The molecule has 0 bridgehead atoms. The van der Waals surface area contributed by atoms with Gasteiger partial charge in [0.15, 0.2) is 0 Å². The summed E-state index contributed by atoms with van der Waals surface area (Å²) in [5.41, 5.74) is 2.15. The largest absolute Gasteiger partial charge is 0.490 e. The van der Waals surface area contributed by atoms with Crippen molar-refractivity contribution in [2.75, 3.05) is 34.9 Å². The van der Waals surface area contributed by atoms with Crippen molar-refractivity contribution < 1.29 is 51.7 Å². The molecule has 1 heterocycles. The number of amides is 4. The lowest BCUT2D eigenvalue weighted by atomic mass is 9.89. The van der Waals surface area contributed by atoms with Crippen molar-refractivity contribution >= 4 is 35.7 Å². The number of benzene rings is 2. The van der Waals surface area contributed by atoms with Crippen LogP contribution in [0.3, 0.4) is 0 Å². The van der Waals surface area contributed by atoms with Crippen LogP contribution >= 0.6 is 0 Å². The van der Waals surface area contributed by atoms with Gasteiger partial charge in [0.05, 0.1) is 48.7 Å². The van der Waals surface area contributed by atoms with Gasteiger partial charge in [-0.05, 0) is 55.2 Å². The Morgan fingerprint density at radius 2 is 1.44 bits per heavy atom. The minimum Gasteiger partial charge on any atom is -0.475 e. The Morgan fingerprint density at radius 3 is 1.92 bits per heavy atom. The van der Waals surface area contributed by atoms with E-state index < -0.39 is 48.4 Å². The summed E-state index contributed by atoms with van der Waals surface area (Å²) in [7, 11) is 6.67. The molecule has 358 valence electrons. The van der Waals surface area contributed by atoms with Gasteiger partial charge in [-0.2, -0.15) is 13.2 Å². The molecule has 64 heavy (non-hydrogen) atoms. The van der Waals surface area contributed by atoms with Crippen LogP contribution in [-0.4, -0.2) is 128 Å². The Hall–Kier alpha value is -4.80. The van der Waals surface area contributed by atoms with Crippen LogP contribution in [0.5, 0.6) is 0 Å². The summed E-state index contributed by atoms with van der Waals surface area (Å²) in [6.07, 6.45) is 0.740. The molecule has 9 atom stereocenters. The second kappa shape index (κ2) is 26.9. The van der Waals surface area contributed by atoms with Gasteiger partial charge in [0.25, 0.3) is 0 Å². The highest BCUT2D eigenvalue weighted by molar-refractivity contribution is 5.90. The molecule has 1 aliphatic rings. The quantitative estimate of drug-likeness (QED) is 0.105. The van der Waals surface area contributed by atoms with E-state index in [0.717, 1.165) is 24.0 Å². The van der Waals surface area contributed by atoms with Gasteiger partial charge in [0, 0.05) is 27.8 Å². The number of halogens is 3. The Balaban J connectivity index is 0.00000185. The monoisotopic (exact) mass is 904 g/mol. The Kier molecular flexibility index (Phi) is 23.2. The van der Waals surface area contributed by atoms with Crippen LogP contribution in [0.2, 0.25) is 0 Å². The first kappa shape index (κ1) is 55.3. The maximum absolute atomic E-state index is 14.3. The summed E-state index contributed by atoms with van der Waals surface area (Å²) in [5, 5.41) is 16.5. The highest BCUT2D eigenvalue weighted by Crippen LogP contribution is 2.30. The number of methoxy groups -OCH3 is 2. The van der Waals surface area contributed by atoms with Crippen LogP contribution < -0.4 is 16.0 Å². The van der Waals surface area contributed by atoms with E-state index in [1.54, 1.807) is 33.2 Å². The fourth-order valence-corrected chi connectivity index (χ4v) is 8.19. The first-order valence-corrected chi connectivity index (χ1v) is 22.1. The van der Waals surface area contributed by atoms with Gasteiger partial charge >= 0.3 is 12.1 Å². The Labute approximate surface area is 377 Å². The number of likely N-dealkylation sites (N-methyl/N-ethyl adjacent to an activating group) is 2. The zero-order valence-electron chi connectivity index (χ0n) is 39.4. The van der Waals surface area contributed by atoms with Crippen molar-refractivity contribution in [2.45, 2.75) is 129 Å². The molecule has 2 aromatic rings. The van der Waals surface area contributed by atoms with Gasteiger partial charge in [0.1, 0.15) is 6.04 Å². The normalized spacial score (nSPS) is 17.9. The number of likely N-dealkylation sites (tertiary alicyclic amines) is 1. The molecule has 3 rings (SSSR count). The third-order valence-electron chi connectivity index (χ3n) is 11.9. The lowest BCUT2D eigenvalue weighted by molar-refractivity contribution is -0.192. The molecule has 1 saturated heterocycles. The van der Waals surface area contributed by atoms with Gasteiger partial charge in [-0.25, -0.2) is 4.79 Å². The van der Waals surface area contributed by atoms with E-state index in [0.29, 0.717) is 19.4 Å². The van der Waals surface area contributed by atoms with Crippen molar-refractivity contribution in [3.63, 3.8) is 0 Å². The van der Waals surface area contributed by atoms with Crippen LogP contribution in [0.15, 0.2) is 66.7 Å². The molecule has 0 spiro atoms. The summed E-state index contributed by atoms with van der Waals surface area (Å²) in [6, 6.07) is 17.9. The summed E-state index contributed by atoms with van der Waals surface area (Å²) in [4.78, 5) is 68.2. The molecular weight excluding hydrogens is 832 g/mol. The highest BCUT2D eigenvalue weighted by atomic mass is 19.4. The molecule has 0 unspecified atom stereocenters. The summed E-state index contributed by atoms with van der Waals surface area (Å²) >= 11 is 0. The number of hydrogen-bond acceptors (Lipinski definition) is 8. The van der Waals surface area contributed by atoms with Gasteiger partial charge < -0.3 is 40.3 Å². The number of carboxylic acid groups (broad SMARTS) is 1. The SMILES string of the molecule is CC[C@H](C)[C@@H]([C@@H](CC(=O)N1CCC[C@H]1[C@H](OC)[C@@H](C)C(=O)N[C@H](C=Cc1ccccc1)Cc1ccccc1)OC)N(C)C(=O)[C@@H](NC(=O)[C@@H](NC)C(C)C)C(C)C.O=C(O)C(F)(F)F. The van der Waals surface area contributed by atoms with Crippen LogP contribution in [0.4, 0.5) is 13.2 Å². The number of ether oxygens (including phenoxy) is 2. The maximum Gasteiger partial charge on any atom is 0.490 e. The Morgan fingerprint density at radius 1 is 0.875 bits per heavy atom. The molecule has 0 saturated carbocycles. The van der Waals surface area contributed by atoms with Crippen LogP contribution in [0, 0.1) is 23.7 Å². The zero-order valence-corrected chi connectivity index (χ0v) is 39.4. The number of aliphatic carboxylic acids is 1. The third-order valence-corrected chi connectivity index (χ3v) is 11.9. The number of carbonyl (C=O) groups excluding carboxylic acids is 4. The predicted molar refractivity (Wildman–Crippen MR) is 242 cm³/mol. The molecule has 4 amide bonds. The van der Waals surface area contributed by atoms with E-state index in [-0.39, 0.29) is 59.9 Å². The first-order valence-electron chi connectivity index (χ1n) is 22.1. The van der Waals surface area contributed by atoms with Crippen LogP contribution in [-0.2, 0) is 39.9 Å². The average Bonchev–Trinajstić information content (AvgIpc) is 3.74. The molecule has 13 nitrogen and oxygen atoms in total. The van der Waals surface area contributed by atoms with Gasteiger partial charge in [-0.3, -0.25) is 19.2 Å². The topological polar surface area (TPSA) is 167 Å². The second-order valence-electron chi connectivity index (χ2n) is 17.2. The van der Waals surface area contributed by atoms with E-state index in [9.17, 15) is 32.3 Å². The lowest BCUT2D eigenvalue weighted by Gasteiger charge is -2.41. The van der Waals surface area contributed by atoms with E-state index in [1.807, 2.05) is 100 Å². The third kappa shape index (κ3) is 16.6. The van der Waals surface area contributed by atoms with Crippen molar-refractivity contribution in [1.82, 2.24) is 25.8 Å². The number of hydrogen-bond donors (Lipinski definition) is 4. The minimum atomic E-state index is -5.08. The number of alkyl halides is 3. The number of rotatable bonds is 22. The molecular formula is C48H72F3N5O8. The van der Waals surface area contributed by atoms with Crippen molar-refractivity contribution in [2.24, 2.45) is 23.7 Å². The number of nitrogens with zero attached hydrogens (tertiary/aromatic N) is 2. The minimum absolute atomic E-state index is 0.00877. The Bertz CT molecular complexity index is 1780. The first-order chi connectivity index (χ1) is 30.1. The summed E-state index contributed by atoms with van der Waals surface area (Å²) < 4.78 is 43.9. The molecule has 0 aromatic heterocycles. The standard InChI is InChI=1S/C46H71N5O6.C2HF3O2/c1-12-32(6)42(50(9)46(55)41(31(4)5)49-45(54)40(47-8)30(2)3)38(56-10)29-39(52)51-27-19-24-37(51)43(57-11)33(7)44(53)48-36(28-35-22-17-14-18-23-35)26-25-34-20-15-13-16-21-34;3-2(4,5)1(6)7/h13-18,20-23,25-26,30-33,36-38,40-43,47H,12,19,24,27-29H2,1-11H3,(H,48,53)(H,49,54);(H,6,7)/t32-,33+,36+,37-,38+,40-,41-,42-,43+;/m0./s1.